The number of benzene rings is 1. The Kier molecular flexibility index (Phi) is 5.55. The molecule has 3 amide bonds. The Hall–Kier alpha value is -2.42. The van der Waals surface area contributed by atoms with Crippen molar-refractivity contribution in [3.8, 4) is 11.4 Å². The Morgan fingerprint density at radius 2 is 2.12 bits per heavy atom. The summed E-state index contributed by atoms with van der Waals surface area (Å²) < 4.78 is 16.0. The normalized spacial score (nSPS) is 14.2. The third-order valence-corrected chi connectivity index (χ3v) is 4.81. The van der Waals surface area contributed by atoms with Crippen molar-refractivity contribution in [2.75, 3.05) is 18.8 Å². The maximum Gasteiger partial charge on any atom is 0.324 e. The van der Waals surface area contributed by atoms with Gasteiger partial charge in [0.25, 0.3) is 0 Å². The molecule has 26 heavy (non-hydrogen) atoms. The number of carbonyl (C=O) groups is 2. The molecule has 0 unspecified atom stereocenters. The van der Waals surface area contributed by atoms with Crippen LogP contribution in [0.3, 0.4) is 0 Å². The predicted molar refractivity (Wildman–Crippen MR) is 96.1 cm³/mol. The fraction of sp³-hybridized carbons (Fsp3) is 0.412. The molecule has 0 atom stereocenters. The number of nitrogens with zero attached hydrogens (tertiary/aromatic N) is 4. The first kappa shape index (κ1) is 18.4. The van der Waals surface area contributed by atoms with Gasteiger partial charge in [-0.2, -0.15) is 0 Å². The third-order valence-electron chi connectivity index (χ3n) is 3.86. The molecule has 1 fully saturated rings. The molecule has 3 rings (SSSR count). The Morgan fingerprint density at radius 1 is 1.35 bits per heavy atom. The Morgan fingerprint density at radius 3 is 2.77 bits per heavy atom. The molecule has 1 saturated heterocycles. The summed E-state index contributed by atoms with van der Waals surface area (Å²) in [6, 6.07) is 6.04. The van der Waals surface area contributed by atoms with Crippen molar-refractivity contribution in [2.45, 2.75) is 25.5 Å². The summed E-state index contributed by atoms with van der Waals surface area (Å²) in [4.78, 5) is 25.0. The first-order valence-electron chi connectivity index (χ1n) is 8.36. The smallest absolute Gasteiger partial charge is 0.324 e. The zero-order chi connectivity index (χ0) is 18.7. The summed E-state index contributed by atoms with van der Waals surface area (Å²) in [5.74, 6) is 0.144. The van der Waals surface area contributed by atoms with Gasteiger partial charge in [-0.25, -0.2) is 9.18 Å². The SMILES string of the molecule is CC(C)Cn1c(SCC(=O)N2CCNC2=O)nnc1-c1ccccc1F. The average Bonchev–Trinajstić information content (AvgIpc) is 3.19. The van der Waals surface area contributed by atoms with Gasteiger partial charge in [0.1, 0.15) is 5.82 Å². The first-order chi connectivity index (χ1) is 12.5. The number of urea groups is 1. The summed E-state index contributed by atoms with van der Waals surface area (Å²) >= 11 is 1.20. The maximum absolute atomic E-state index is 14.2. The highest BCUT2D eigenvalue weighted by molar-refractivity contribution is 7.99. The van der Waals surface area contributed by atoms with Crippen LogP contribution < -0.4 is 5.32 Å². The minimum Gasteiger partial charge on any atom is -0.336 e. The van der Waals surface area contributed by atoms with Crippen molar-refractivity contribution in [2.24, 2.45) is 5.92 Å². The highest BCUT2D eigenvalue weighted by atomic mass is 32.2. The van der Waals surface area contributed by atoms with Gasteiger partial charge in [-0.1, -0.05) is 37.7 Å². The summed E-state index contributed by atoms with van der Waals surface area (Å²) in [7, 11) is 0. The number of imide groups is 1. The molecule has 1 N–H and O–H groups in total. The molecule has 1 aliphatic heterocycles. The Balaban J connectivity index is 1.82. The van der Waals surface area contributed by atoms with Gasteiger partial charge in [-0.3, -0.25) is 9.69 Å². The molecule has 0 radical (unpaired) electrons. The van der Waals surface area contributed by atoms with Crippen LogP contribution >= 0.6 is 11.8 Å². The standard InChI is InChI=1S/C17H20FN5O2S/c1-11(2)9-23-15(12-5-3-4-6-13(12)18)20-21-17(23)26-10-14(24)22-8-7-19-16(22)25/h3-6,11H,7-10H2,1-2H3,(H,19,25). The molecule has 0 spiro atoms. The third kappa shape index (κ3) is 3.87. The number of aromatic nitrogens is 3. The predicted octanol–water partition coefficient (Wildman–Crippen LogP) is 2.38. The molecule has 2 heterocycles. The van der Waals surface area contributed by atoms with Gasteiger partial charge in [0.15, 0.2) is 11.0 Å². The first-order valence-corrected chi connectivity index (χ1v) is 9.35. The number of amides is 3. The molecule has 138 valence electrons. The van der Waals surface area contributed by atoms with E-state index in [4.69, 9.17) is 0 Å². The van der Waals surface area contributed by atoms with Crippen molar-refractivity contribution in [3.63, 3.8) is 0 Å². The molecule has 0 aliphatic carbocycles. The lowest BCUT2D eigenvalue weighted by atomic mass is 10.2. The number of rotatable bonds is 6. The minimum atomic E-state index is -0.369. The van der Waals surface area contributed by atoms with Crippen LogP contribution in [0.15, 0.2) is 29.4 Å². The second-order valence-electron chi connectivity index (χ2n) is 6.36. The van der Waals surface area contributed by atoms with Crippen molar-refractivity contribution in [1.29, 1.82) is 0 Å². The quantitative estimate of drug-likeness (QED) is 0.782. The largest absolute Gasteiger partial charge is 0.336 e. The van der Waals surface area contributed by atoms with E-state index in [2.05, 4.69) is 15.5 Å². The van der Waals surface area contributed by atoms with E-state index < -0.39 is 0 Å². The molecular weight excluding hydrogens is 357 g/mol. The van der Waals surface area contributed by atoms with Crippen LogP contribution in [0, 0.1) is 11.7 Å². The van der Waals surface area contributed by atoms with Gasteiger partial charge in [0.2, 0.25) is 5.91 Å². The van der Waals surface area contributed by atoms with E-state index in [0.717, 1.165) is 0 Å². The van der Waals surface area contributed by atoms with Crippen LogP contribution in [0.5, 0.6) is 0 Å². The van der Waals surface area contributed by atoms with E-state index in [1.165, 1.54) is 22.7 Å². The zero-order valence-corrected chi connectivity index (χ0v) is 15.4. The second kappa shape index (κ2) is 7.86. The van der Waals surface area contributed by atoms with Crippen LogP contribution in [0.4, 0.5) is 9.18 Å². The number of carbonyl (C=O) groups excluding carboxylic acids is 2. The monoisotopic (exact) mass is 377 g/mol. The van der Waals surface area contributed by atoms with Gasteiger partial charge < -0.3 is 9.88 Å². The van der Waals surface area contributed by atoms with E-state index in [9.17, 15) is 14.0 Å². The van der Waals surface area contributed by atoms with E-state index in [1.54, 1.807) is 18.2 Å². The Labute approximate surface area is 155 Å². The van der Waals surface area contributed by atoms with Crippen molar-refractivity contribution in [3.05, 3.63) is 30.1 Å². The lowest BCUT2D eigenvalue weighted by molar-refractivity contribution is -0.124. The fourth-order valence-corrected chi connectivity index (χ4v) is 3.50. The van der Waals surface area contributed by atoms with E-state index in [-0.39, 0.29) is 29.4 Å². The molecule has 1 aromatic heterocycles. The molecule has 0 saturated carbocycles. The van der Waals surface area contributed by atoms with Gasteiger partial charge in [-0.05, 0) is 18.1 Å². The fourth-order valence-electron chi connectivity index (χ4n) is 2.68. The average molecular weight is 377 g/mol. The number of halogens is 1. The lowest BCUT2D eigenvalue weighted by Gasteiger charge is -2.14. The van der Waals surface area contributed by atoms with Crippen LogP contribution in [-0.2, 0) is 11.3 Å². The van der Waals surface area contributed by atoms with Crippen molar-refractivity contribution >= 4 is 23.7 Å². The molecule has 9 heteroatoms. The van der Waals surface area contributed by atoms with Gasteiger partial charge in [-0.15, -0.1) is 10.2 Å². The van der Waals surface area contributed by atoms with E-state index in [0.29, 0.717) is 36.2 Å². The van der Waals surface area contributed by atoms with E-state index >= 15 is 0 Å². The Bertz CT molecular complexity index is 823. The zero-order valence-electron chi connectivity index (χ0n) is 14.6. The molecule has 1 aromatic carbocycles. The summed E-state index contributed by atoms with van der Waals surface area (Å²) in [6.07, 6.45) is 0. The van der Waals surface area contributed by atoms with Crippen molar-refractivity contribution < 1.29 is 14.0 Å². The molecular formula is C17H20FN5O2S. The summed E-state index contributed by atoms with van der Waals surface area (Å²) in [6.45, 7) is 5.52. The number of nitrogens with one attached hydrogen (secondary N) is 1. The van der Waals surface area contributed by atoms with Gasteiger partial charge in [0, 0.05) is 19.6 Å². The van der Waals surface area contributed by atoms with Crippen molar-refractivity contribution in [1.82, 2.24) is 25.0 Å². The number of hydrogen-bond acceptors (Lipinski definition) is 5. The number of hydrogen-bond donors (Lipinski definition) is 1. The maximum atomic E-state index is 14.2. The van der Waals surface area contributed by atoms with Gasteiger partial charge in [0.05, 0.1) is 11.3 Å². The second-order valence-corrected chi connectivity index (χ2v) is 7.30. The highest BCUT2D eigenvalue weighted by Gasteiger charge is 2.27. The minimum absolute atomic E-state index is 0.0704. The van der Waals surface area contributed by atoms with E-state index in [1.807, 2.05) is 18.4 Å². The lowest BCUT2D eigenvalue weighted by Crippen LogP contribution is -2.35. The topological polar surface area (TPSA) is 80.1 Å². The molecule has 2 aromatic rings. The summed E-state index contributed by atoms with van der Waals surface area (Å²) in [5, 5.41) is 11.4. The molecule has 0 bridgehead atoms. The van der Waals surface area contributed by atoms with Crippen LogP contribution in [0.1, 0.15) is 13.8 Å². The summed E-state index contributed by atoms with van der Waals surface area (Å²) in [5.41, 5.74) is 0.373. The van der Waals surface area contributed by atoms with Crippen LogP contribution in [0.2, 0.25) is 0 Å². The van der Waals surface area contributed by atoms with Gasteiger partial charge >= 0.3 is 6.03 Å². The molecule has 7 nitrogen and oxygen atoms in total. The van der Waals surface area contributed by atoms with Crippen LogP contribution in [-0.4, -0.2) is 50.4 Å². The number of thioether (sulfide) groups is 1. The van der Waals surface area contributed by atoms with Crippen LogP contribution in [0.25, 0.3) is 11.4 Å². The molecule has 1 aliphatic rings. The highest BCUT2D eigenvalue weighted by Crippen LogP contribution is 2.27.